The maximum atomic E-state index is 12.5. The number of hydrogen-bond donors (Lipinski definition) is 3. The number of aliphatic hydroxyl groups is 1. The normalized spacial score (nSPS) is 29.3. The number of sulfonamides is 2. The minimum Gasteiger partial charge on any atom is -0.453 e. The van der Waals surface area contributed by atoms with Gasteiger partial charge in [0, 0.05) is 24.7 Å². The van der Waals surface area contributed by atoms with E-state index in [0.717, 1.165) is 63.9 Å². The van der Waals surface area contributed by atoms with Gasteiger partial charge in [-0.15, -0.1) is 6.58 Å². The molecule has 2 aromatic rings. The molecule has 0 spiro atoms. The van der Waals surface area contributed by atoms with Crippen LogP contribution in [0.5, 0.6) is 0 Å². The fourth-order valence-electron chi connectivity index (χ4n) is 9.62. The molecule has 2 aliphatic carbocycles. The van der Waals surface area contributed by atoms with Crippen LogP contribution in [-0.4, -0.2) is 139 Å². The molecule has 2 saturated carbocycles. The number of likely N-dealkylation sites (tertiary alicyclic amines) is 2. The molecule has 2 aromatic carbocycles. The number of nitrogens with one attached hydrogen (secondary N) is 2. The van der Waals surface area contributed by atoms with Crippen LogP contribution in [-0.2, 0) is 39.0 Å². The van der Waals surface area contributed by atoms with Gasteiger partial charge in [-0.25, -0.2) is 35.9 Å². The summed E-state index contributed by atoms with van der Waals surface area (Å²) in [5.74, 6) is 1.08. The molecule has 4 fully saturated rings. The molecule has 2 aliphatic heterocycles. The van der Waals surface area contributed by atoms with Gasteiger partial charge in [0.1, 0.15) is 0 Å². The van der Waals surface area contributed by atoms with Crippen molar-refractivity contribution in [2.75, 3.05) is 46.6 Å². The third-order valence-electron chi connectivity index (χ3n) is 12.5. The van der Waals surface area contributed by atoms with Crippen LogP contribution in [0.3, 0.4) is 0 Å². The number of ether oxygens (including phenoxy) is 4. The van der Waals surface area contributed by atoms with E-state index in [-0.39, 0.29) is 44.1 Å². The average molecular weight is 891 g/mol. The summed E-state index contributed by atoms with van der Waals surface area (Å²) in [5, 5.41) is 9.41. The largest absolute Gasteiger partial charge is 0.453 e. The summed E-state index contributed by atoms with van der Waals surface area (Å²) in [7, 11) is -4.26. The molecule has 0 unspecified atom stereocenters. The second kappa shape index (κ2) is 22.7. The predicted octanol–water partition coefficient (Wildman–Crippen LogP) is 5.28. The summed E-state index contributed by atoms with van der Waals surface area (Å²) in [5.41, 5.74) is 2.73. The number of hydrogen-bond acceptors (Lipinski definition) is 11. The third-order valence-corrected chi connectivity index (χ3v) is 14.0. The van der Waals surface area contributed by atoms with Crippen molar-refractivity contribution in [2.45, 2.75) is 131 Å². The van der Waals surface area contributed by atoms with Gasteiger partial charge >= 0.3 is 12.2 Å². The molecule has 2 heterocycles. The van der Waals surface area contributed by atoms with Crippen molar-refractivity contribution in [3.8, 4) is 0 Å². The molecule has 340 valence electrons. The fraction of sp³-hybridized carbons (Fsp3) is 0.636. The van der Waals surface area contributed by atoms with Crippen LogP contribution in [0.4, 0.5) is 9.59 Å². The van der Waals surface area contributed by atoms with Crippen molar-refractivity contribution in [1.29, 1.82) is 0 Å². The van der Waals surface area contributed by atoms with Gasteiger partial charge in [0.2, 0.25) is 20.0 Å². The molecule has 2 amide bonds. The number of rotatable bonds is 15. The van der Waals surface area contributed by atoms with E-state index in [2.05, 4.69) is 64.6 Å². The molecule has 0 bridgehead atoms. The molecule has 6 rings (SSSR count). The lowest BCUT2D eigenvalue weighted by Crippen LogP contribution is -2.50. The lowest BCUT2D eigenvalue weighted by atomic mass is 9.83. The van der Waals surface area contributed by atoms with E-state index in [1.807, 2.05) is 12.1 Å². The van der Waals surface area contributed by atoms with Crippen LogP contribution < -0.4 is 9.44 Å². The number of carbonyl (C=O) groups excluding carboxylic acids is 2. The van der Waals surface area contributed by atoms with Gasteiger partial charge in [0.05, 0.1) is 70.3 Å². The molecular formula is C44H66N4O11S2. The molecule has 0 aromatic heterocycles. The Morgan fingerprint density at radius 3 is 1.49 bits per heavy atom. The number of carbonyl (C=O) groups is 2. The van der Waals surface area contributed by atoms with Gasteiger partial charge in [-0.1, -0.05) is 66.7 Å². The molecule has 61 heavy (non-hydrogen) atoms. The highest BCUT2D eigenvalue weighted by Crippen LogP contribution is 2.37. The van der Waals surface area contributed by atoms with Crippen LogP contribution in [0.15, 0.2) is 73.3 Å². The van der Waals surface area contributed by atoms with E-state index < -0.39 is 56.4 Å². The highest BCUT2D eigenvalue weighted by molar-refractivity contribution is 7.89. The standard InChI is InChI=1S/C22H34N2O6S.C22H32N2O5S/c1-29-22(26)24-18(12-13-25)14-20(23-31(2,27)28)21(24)15-30-19-10-8-17(9-11-19)16-6-4-3-5-7-16;1-4-18-14-20(23-30(3,26)27)21(24(18)22(25)28-2)15-29-19-12-10-17(11-13-19)16-8-6-5-7-9-16/h3-7,17-21,23,25H,8-15H2,1-2H3;4-9,17-21,23H,1,10-15H2,2-3H3/t2*17?,18-,19?,20+,21+/m11/s1. The summed E-state index contributed by atoms with van der Waals surface area (Å²) in [4.78, 5) is 27.9. The van der Waals surface area contributed by atoms with E-state index in [1.54, 1.807) is 11.0 Å². The van der Waals surface area contributed by atoms with Gasteiger partial charge in [0.25, 0.3) is 0 Å². The van der Waals surface area contributed by atoms with Crippen molar-refractivity contribution < 1.29 is 50.5 Å². The third kappa shape index (κ3) is 14.0. The predicted molar refractivity (Wildman–Crippen MR) is 233 cm³/mol. The average Bonchev–Trinajstić information content (AvgIpc) is 3.77. The Labute approximate surface area is 362 Å². The van der Waals surface area contributed by atoms with Crippen molar-refractivity contribution >= 4 is 32.2 Å². The second-order valence-corrected chi connectivity index (χ2v) is 20.3. The lowest BCUT2D eigenvalue weighted by Gasteiger charge is -2.33. The number of amides is 2. The van der Waals surface area contributed by atoms with E-state index in [1.165, 1.54) is 30.2 Å². The SMILES string of the molecule is C=C[C@@H]1C[C@H](NS(C)(=O)=O)[C@H](COC2CCC(c3ccccc3)CC2)N1C(=O)OC.COC(=O)N1[C@H](CCO)C[C@H](NS(C)(=O)=O)[C@@H]1COC1CCC(c2ccccc2)CC1. The first kappa shape index (κ1) is 48.5. The maximum absolute atomic E-state index is 12.5. The Balaban J connectivity index is 0.000000231. The summed E-state index contributed by atoms with van der Waals surface area (Å²) >= 11 is 0. The van der Waals surface area contributed by atoms with Crippen LogP contribution in [0.1, 0.15) is 93.6 Å². The van der Waals surface area contributed by atoms with Crippen LogP contribution in [0, 0.1) is 0 Å². The van der Waals surface area contributed by atoms with Crippen molar-refractivity contribution in [2.24, 2.45) is 0 Å². The Hall–Kier alpha value is -3.58. The van der Waals surface area contributed by atoms with Crippen LogP contribution in [0.2, 0.25) is 0 Å². The Bertz CT molecular complexity index is 1910. The Kier molecular flexibility index (Phi) is 18.0. The summed E-state index contributed by atoms with van der Waals surface area (Å²) < 4.78 is 75.0. The number of nitrogens with zero attached hydrogens (tertiary/aromatic N) is 2. The van der Waals surface area contributed by atoms with Gasteiger partial charge < -0.3 is 24.1 Å². The summed E-state index contributed by atoms with van der Waals surface area (Å²) in [6, 6.07) is 18.6. The zero-order valence-electron chi connectivity index (χ0n) is 36.0. The van der Waals surface area contributed by atoms with Crippen LogP contribution >= 0.6 is 0 Å². The Morgan fingerprint density at radius 2 is 1.10 bits per heavy atom. The first-order chi connectivity index (χ1) is 29.1. The van der Waals surface area contributed by atoms with E-state index in [4.69, 9.17) is 18.9 Å². The van der Waals surface area contributed by atoms with Gasteiger partial charge in [-0.2, -0.15) is 0 Å². The molecule has 15 nitrogen and oxygen atoms in total. The molecule has 6 atom stereocenters. The van der Waals surface area contributed by atoms with Crippen molar-refractivity contribution in [1.82, 2.24) is 19.2 Å². The first-order valence-electron chi connectivity index (χ1n) is 21.4. The fourth-order valence-corrected chi connectivity index (χ4v) is 11.2. The number of benzene rings is 2. The smallest absolute Gasteiger partial charge is 0.410 e. The Morgan fingerprint density at radius 1 is 0.689 bits per heavy atom. The number of methoxy groups -OCH3 is 2. The molecule has 2 saturated heterocycles. The minimum absolute atomic E-state index is 0.0789. The van der Waals surface area contributed by atoms with Crippen LogP contribution in [0.25, 0.3) is 0 Å². The minimum atomic E-state index is -3.46. The molecule has 0 radical (unpaired) electrons. The molecule has 17 heteroatoms. The number of aliphatic hydroxyl groups excluding tert-OH is 1. The quantitative estimate of drug-likeness (QED) is 0.197. The first-order valence-corrected chi connectivity index (χ1v) is 25.2. The van der Waals surface area contributed by atoms with Gasteiger partial charge in [-0.3, -0.25) is 9.80 Å². The van der Waals surface area contributed by atoms with E-state index >= 15 is 0 Å². The topological polar surface area (TPSA) is 190 Å². The summed E-state index contributed by atoms with van der Waals surface area (Å²) in [6.07, 6.45) is 12.2. The maximum Gasteiger partial charge on any atom is 0.410 e. The highest BCUT2D eigenvalue weighted by atomic mass is 32.2. The zero-order chi connectivity index (χ0) is 44.2. The van der Waals surface area contributed by atoms with Gasteiger partial charge in [0.15, 0.2) is 0 Å². The second-order valence-electron chi connectivity index (χ2n) is 16.8. The monoisotopic (exact) mass is 890 g/mol. The van der Waals surface area contributed by atoms with E-state index in [0.29, 0.717) is 31.1 Å². The van der Waals surface area contributed by atoms with Crippen molar-refractivity contribution in [3.05, 3.63) is 84.4 Å². The molecule has 3 N–H and O–H groups in total. The van der Waals surface area contributed by atoms with E-state index in [9.17, 15) is 31.5 Å². The molecule has 4 aliphatic rings. The lowest BCUT2D eigenvalue weighted by molar-refractivity contribution is -0.0102. The highest BCUT2D eigenvalue weighted by Gasteiger charge is 2.46. The van der Waals surface area contributed by atoms with Crippen molar-refractivity contribution in [3.63, 3.8) is 0 Å². The summed E-state index contributed by atoms with van der Waals surface area (Å²) in [6.45, 7) is 4.18. The van der Waals surface area contributed by atoms with Gasteiger partial charge in [-0.05, 0) is 93.6 Å². The molecular weight excluding hydrogens is 825 g/mol. The zero-order valence-corrected chi connectivity index (χ0v) is 37.6.